The van der Waals surface area contributed by atoms with E-state index in [1.165, 1.54) is 0 Å². The van der Waals surface area contributed by atoms with Crippen molar-refractivity contribution < 1.29 is 9.26 Å². The summed E-state index contributed by atoms with van der Waals surface area (Å²) in [6.45, 7) is 0.729. The fraction of sp³-hybridized carbons (Fsp3) is 0.143. The van der Waals surface area contributed by atoms with Crippen molar-refractivity contribution in [3.05, 3.63) is 53.2 Å². The molecule has 0 aliphatic heterocycles. The molecule has 0 spiro atoms. The van der Waals surface area contributed by atoms with E-state index in [0.717, 1.165) is 16.2 Å². The lowest BCUT2D eigenvalue weighted by atomic mass is 10.2. The highest BCUT2D eigenvalue weighted by Crippen LogP contribution is 2.21. The van der Waals surface area contributed by atoms with Crippen LogP contribution in [-0.4, -0.2) is 10.1 Å². The zero-order valence-electron chi connectivity index (χ0n) is 10.7. The van der Waals surface area contributed by atoms with Crippen molar-refractivity contribution in [1.29, 1.82) is 0 Å². The molecule has 102 valence electrons. The molecular formula is C14H13N3O2S. The maximum Gasteiger partial charge on any atom is 0.264 e. The molecule has 2 heterocycles. The third-order valence-electron chi connectivity index (χ3n) is 2.71. The van der Waals surface area contributed by atoms with Crippen molar-refractivity contribution in [2.75, 3.05) is 0 Å². The van der Waals surface area contributed by atoms with Crippen molar-refractivity contribution in [3.63, 3.8) is 0 Å². The van der Waals surface area contributed by atoms with E-state index in [9.17, 15) is 0 Å². The Hall–Kier alpha value is -2.18. The van der Waals surface area contributed by atoms with Crippen LogP contribution < -0.4 is 10.5 Å². The Morgan fingerprint density at radius 2 is 2.20 bits per heavy atom. The lowest BCUT2D eigenvalue weighted by Crippen LogP contribution is -1.99. The molecule has 0 saturated heterocycles. The number of aromatic nitrogens is 2. The first-order valence-corrected chi connectivity index (χ1v) is 7.01. The second kappa shape index (κ2) is 5.85. The van der Waals surface area contributed by atoms with Crippen molar-refractivity contribution >= 4 is 11.3 Å². The number of thiophene rings is 1. The summed E-state index contributed by atoms with van der Waals surface area (Å²) in [5.41, 5.74) is 6.61. The first-order chi connectivity index (χ1) is 9.85. The summed E-state index contributed by atoms with van der Waals surface area (Å²) in [5.74, 6) is 1.78. The van der Waals surface area contributed by atoms with E-state index in [0.29, 0.717) is 18.3 Å². The van der Waals surface area contributed by atoms with Gasteiger partial charge in [0.15, 0.2) is 6.61 Å². The van der Waals surface area contributed by atoms with Crippen molar-refractivity contribution in [2.45, 2.75) is 13.2 Å². The number of ether oxygens (including phenoxy) is 1. The van der Waals surface area contributed by atoms with Crippen LogP contribution in [0.25, 0.3) is 10.7 Å². The van der Waals surface area contributed by atoms with Crippen LogP contribution in [0.5, 0.6) is 5.75 Å². The molecule has 2 aromatic heterocycles. The monoisotopic (exact) mass is 287 g/mol. The highest BCUT2D eigenvalue weighted by atomic mass is 32.1. The van der Waals surface area contributed by atoms with E-state index in [1.807, 2.05) is 41.8 Å². The summed E-state index contributed by atoms with van der Waals surface area (Å²) in [6, 6.07) is 11.5. The largest absolute Gasteiger partial charge is 0.484 e. The van der Waals surface area contributed by atoms with Crippen molar-refractivity contribution in [3.8, 4) is 16.5 Å². The van der Waals surface area contributed by atoms with Crippen LogP contribution in [-0.2, 0) is 13.2 Å². The molecular weight excluding hydrogens is 274 g/mol. The summed E-state index contributed by atoms with van der Waals surface area (Å²) in [4.78, 5) is 5.27. The predicted molar refractivity (Wildman–Crippen MR) is 76.3 cm³/mol. The van der Waals surface area contributed by atoms with Crippen LogP contribution in [0.3, 0.4) is 0 Å². The minimum absolute atomic E-state index is 0.242. The highest BCUT2D eigenvalue weighted by molar-refractivity contribution is 7.13. The Labute approximate surface area is 120 Å². The quantitative estimate of drug-likeness (QED) is 0.781. The maximum atomic E-state index is 5.62. The van der Waals surface area contributed by atoms with Gasteiger partial charge in [-0.15, -0.1) is 11.3 Å². The van der Waals surface area contributed by atoms with Gasteiger partial charge in [0, 0.05) is 6.54 Å². The van der Waals surface area contributed by atoms with Gasteiger partial charge in [0.05, 0.1) is 4.88 Å². The lowest BCUT2D eigenvalue weighted by Gasteiger charge is -2.04. The molecule has 5 nitrogen and oxygen atoms in total. The number of hydrogen-bond donors (Lipinski definition) is 1. The predicted octanol–water partition coefficient (Wildman–Crippen LogP) is 2.84. The molecule has 0 fully saturated rings. The summed E-state index contributed by atoms with van der Waals surface area (Å²) < 4.78 is 10.8. The molecule has 6 heteroatoms. The number of nitrogens with zero attached hydrogens (tertiary/aromatic N) is 2. The number of benzene rings is 1. The van der Waals surface area contributed by atoms with Crippen molar-refractivity contribution in [1.82, 2.24) is 10.1 Å². The Kier molecular flexibility index (Phi) is 3.76. The molecule has 0 aliphatic rings. The standard InChI is InChI=1S/C14H13N3O2S/c15-8-10-3-1-4-11(7-10)18-9-13-16-14(17-19-13)12-5-2-6-20-12/h1-7H,8-9,15H2. The SMILES string of the molecule is NCc1cccc(OCc2nc(-c3cccs3)no2)c1. The van der Waals surface area contributed by atoms with E-state index in [-0.39, 0.29) is 6.61 Å². The van der Waals surface area contributed by atoms with E-state index >= 15 is 0 Å². The molecule has 3 aromatic rings. The molecule has 0 atom stereocenters. The van der Waals surface area contributed by atoms with Gasteiger partial charge in [-0.05, 0) is 29.1 Å². The van der Waals surface area contributed by atoms with Gasteiger partial charge in [0.1, 0.15) is 5.75 Å². The van der Waals surface area contributed by atoms with Gasteiger partial charge in [0.2, 0.25) is 5.82 Å². The van der Waals surface area contributed by atoms with Crippen molar-refractivity contribution in [2.24, 2.45) is 5.73 Å². The van der Waals surface area contributed by atoms with Gasteiger partial charge < -0.3 is 15.0 Å². The van der Waals surface area contributed by atoms with Gasteiger partial charge in [-0.25, -0.2) is 0 Å². The van der Waals surface area contributed by atoms with E-state index < -0.39 is 0 Å². The van der Waals surface area contributed by atoms with Crippen LogP contribution in [0, 0.1) is 0 Å². The molecule has 0 amide bonds. The zero-order valence-corrected chi connectivity index (χ0v) is 11.5. The van der Waals surface area contributed by atoms with Gasteiger partial charge in [-0.1, -0.05) is 23.4 Å². The van der Waals surface area contributed by atoms with Crippen LogP contribution >= 0.6 is 11.3 Å². The lowest BCUT2D eigenvalue weighted by molar-refractivity contribution is 0.243. The number of hydrogen-bond acceptors (Lipinski definition) is 6. The van der Waals surface area contributed by atoms with Crippen LogP contribution in [0.15, 0.2) is 46.3 Å². The minimum Gasteiger partial charge on any atom is -0.484 e. The minimum atomic E-state index is 0.242. The van der Waals surface area contributed by atoms with Gasteiger partial charge in [-0.2, -0.15) is 4.98 Å². The average Bonchev–Trinajstić information content (AvgIpc) is 3.16. The Balaban J connectivity index is 1.66. The van der Waals surface area contributed by atoms with E-state index in [1.54, 1.807) is 11.3 Å². The molecule has 0 saturated carbocycles. The first-order valence-electron chi connectivity index (χ1n) is 6.13. The Morgan fingerprint density at radius 3 is 3.00 bits per heavy atom. The summed E-state index contributed by atoms with van der Waals surface area (Å²) in [6.07, 6.45) is 0. The average molecular weight is 287 g/mol. The summed E-state index contributed by atoms with van der Waals surface area (Å²) in [7, 11) is 0. The van der Waals surface area contributed by atoms with Crippen LogP contribution in [0.4, 0.5) is 0 Å². The normalized spacial score (nSPS) is 10.7. The Morgan fingerprint density at radius 1 is 1.25 bits per heavy atom. The maximum absolute atomic E-state index is 5.62. The molecule has 0 radical (unpaired) electrons. The van der Waals surface area contributed by atoms with Gasteiger partial charge in [-0.3, -0.25) is 0 Å². The summed E-state index contributed by atoms with van der Waals surface area (Å²) >= 11 is 1.57. The van der Waals surface area contributed by atoms with Crippen LogP contribution in [0.2, 0.25) is 0 Å². The highest BCUT2D eigenvalue weighted by Gasteiger charge is 2.09. The molecule has 1 aromatic carbocycles. The topological polar surface area (TPSA) is 74.2 Å². The Bertz CT molecular complexity index is 679. The van der Waals surface area contributed by atoms with Gasteiger partial charge in [0.25, 0.3) is 5.89 Å². The fourth-order valence-electron chi connectivity index (χ4n) is 1.73. The first kappa shape index (κ1) is 12.8. The molecule has 20 heavy (non-hydrogen) atoms. The third kappa shape index (κ3) is 2.87. The molecule has 3 rings (SSSR count). The molecule has 0 bridgehead atoms. The van der Waals surface area contributed by atoms with E-state index in [4.69, 9.17) is 15.0 Å². The molecule has 0 aliphatic carbocycles. The number of nitrogens with two attached hydrogens (primary N) is 1. The molecule has 2 N–H and O–H groups in total. The number of rotatable bonds is 5. The third-order valence-corrected chi connectivity index (χ3v) is 3.57. The molecule has 0 unspecified atom stereocenters. The second-order valence-corrected chi connectivity index (χ2v) is 5.08. The zero-order chi connectivity index (χ0) is 13.8. The second-order valence-electron chi connectivity index (χ2n) is 4.13. The smallest absolute Gasteiger partial charge is 0.264 e. The fourth-order valence-corrected chi connectivity index (χ4v) is 2.38. The summed E-state index contributed by atoms with van der Waals surface area (Å²) in [5, 5.41) is 5.90. The van der Waals surface area contributed by atoms with E-state index in [2.05, 4.69) is 10.1 Å². The van der Waals surface area contributed by atoms with Gasteiger partial charge >= 0.3 is 0 Å². The van der Waals surface area contributed by atoms with Crippen LogP contribution in [0.1, 0.15) is 11.5 Å².